The number of rotatable bonds is 2. The van der Waals surface area contributed by atoms with Crippen LogP contribution in [0.1, 0.15) is 11.1 Å². The van der Waals surface area contributed by atoms with Crippen LogP contribution in [0.5, 0.6) is 5.75 Å². The van der Waals surface area contributed by atoms with Gasteiger partial charge in [0, 0.05) is 10.9 Å². The molecule has 1 aromatic rings. The minimum Gasteiger partial charge on any atom is -0.497 e. The summed E-state index contributed by atoms with van der Waals surface area (Å²) in [5.74, 6) is 3.45. The summed E-state index contributed by atoms with van der Waals surface area (Å²) in [6, 6.07) is 5.68. The van der Waals surface area contributed by atoms with Gasteiger partial charge in [0.1, 0.15) is 5.75 Å². The topological polar surface area (TPSA) is 9.23 Å². The van der Waals surface area contributed by atoms with Crippen molar-refractivity contribution in [1.82, 2.24) is 0 Å². The van der Waals surface area contributed by atoms with Crippen molar-refractivity contribution in [1.29, 1.82) is 0 Å². The van der Waals surface area contributed by atoms with Crippen molar-refractivity contribution in [3.05, 3.63) is 29.3 Å². The minimum atomic E-state index is 0.754. The van der Waals surface area contributed by atoms with E-state index in [1.165, 1.54) is 0 Å². The van der Waals surface area contributed by atoms with Crippen molar-refractivity contribution < 1.29 is 4.74 Å². The first-order valence-corrected chi connectivity index (χ1v) is 4.63. The first-order chi connectivity index (χ1) is 5.81. The van der Waals surface area contributed by atoms with Gasteiger partial charge < -0.3 is 4.74 Å². The average Bonchev–Trinajstić information content (AvgIpc) is 2.16. The summed E-state index contributed by atoms with van der Waals surface area (Å²) in [6.45, 7) is 0. The number of methoxy groups -OCH3 is 1. The van der Waals surface area contributed by atoms with E-state index in [4.69, 9.17) is 11.2 Å². The highest BCUT2D eigenvalue weighted by Gasteiger charge is 1.99. The van der Waals surface area contributed by atoms with Gasteiger partial charge in [0.2, 0.25) is 0 Å². The monoisotopic (exact) mass is 224 g/mol. The molecule has 1 aromatic carbocycles. The third-order valence-corrected chi connectivity index (χ3v) is 2.22. The van der Waals surface area contributed by atoms with E-state index in [9.17, 15) is 0 Å². The molecule has 0 aliphatic rings. The van der Waals surface area contributed by atoms with Crippen LogP contribution >= 0.6 is 15.9 Å². The van der Waals surface area contributed by atoms with Crippen molar-refractivity contribution in [3.8, 4) is 18.1 Å². The summed E-state index contributed by atoms with van der Waals surface area (Å²) in [6.07, 6.45) is 5.31. The van der Waals surface area contributed by atoms with Gasteiger partial charge in [0.15, 0.2) is 0 Å². The van der Waals surface area contributed by atoms with Crippen molar-refractivity contribution in [2.75, 3.05) is 7.11 Å². The van der Waals surface area contributed by atoms with Gasteiger partial charge in [0.05, 0.1) is 7.11 Å². The van der Waals surface area contributed by atoms with E-state index in [1.807, 2.05) is 18.2 Å². The van der Waals surface area contributed by atoms with E-state index < -0.39 is 0 Å². The molecule has 0 bridgehead atoms. The van der Waals surface area contributed by atoms with Crippen molar-refractivity contribution >= 4 is 15.9 Å². The molecular formula is C10H9BrO. The van der Waals surface area contributed by atoms with Crippen LogP contribution in [0.25, 0.3) is 0 Å². The Labute approximate surface area is 80.9 Å². The zero-order valence-corrected chi connectivity index (χ0v) is 8.39. The van der Waals surface area contributed by atoms with Crippen molar-refractivity contribution in [2.45, 2.75) is 5.33 Å². The fourth-order valence-electron chi connectivity index (χ4n) is 0.948. The lowest BCUT2D eigenvalue weighted by atomic mass is 10.1. The number of hydrogen-bond acceptors (Lipinski definition) is 1. The maximum atomic E-state index is 5.31. The van der Waals surface area contributed by atoms with Crippen LogP contribution in [0.15, 0.2) is 18.2 Å². The van der Waals surface area contributed by atoms with Crippen LogP contribution in [0.2, 0.25) is 0 Å². The van der Waals surface area contributed by atoms with Gasteiger partial charge in [-0.2, -0.15) is 0 Å². The lowest BCUT2D eigenvalue weighted by Gasteiger charge is -2.03. The number of benzene rings is 1. The van der Waals surface area contributed by atoms with Gasteiger partial charge in [-0.25, -0.2) is 0 Å². The molecule has 0 N–H and O–H groups in total. The van der Waals surface area contributed by atoms with Gasteiger partial charge in [-0.1, -0.05) is 21.9 Å². The van der Waals surface area contributed by atoms with Crippen LogP contribution in [-0.2, 0) is 5.33 Å². The Balaban J connectivity index is 3.13. The molecule has 0 unspecified atom stereocenters. The van der Waals surface area contributed by atoms with E-state index in [1.54, 1.807) is 7.11 Å². The van der Waals surface area contributed by atoms with Gasteiger partial charge >= 0.3 is 0 Å². The molecule has 62 valence electrons. The fraction of sp³-hybridized carbons (Fsp3) is 0.200. The lowest BCUT2D eigenvalue weighted by Crippen LogP contribution is -1.88. The minimum absolute atomic E-state index is 0.754. The second-order valence-electron chi connectivity index (χ2n) is 2.30. The van der Waals surface area contributed by atoms with Crippen LogP contribution in [0.4, 0.5) is 0 Å². The normalized spacial score (nSPS) is 9.08. The SMILES string of the molecule is C#Cc1ccc(OC)cc1CBr. The Bertz CT molecular complexity index is 312. The Morgan fingerprint density at radius 2 is 2.33 bits per heavy atom. The molecule has 1 rings (SSSR count). The number of ether oxygens (including phenoxy) is 1. The molecule has 0 aliphatic carbocycles. The molecule has 1 nitrogen and oxygen atoms in total. The van der Waals surface area contributed by atoms with Crippen molar-refractivity contribution in [2.24, 2.45) is 0 Å². The smallest absolute Gasteiger partial charge is 0.119 e. The Hall–Kier alpha value is -0.940. The maximum Gasteiger partial charge on any atom is 0.119 e. The highest BCUT2D eigenvalue weighted by molar-refractivity contribution is 9.08. The van der Waals surface area contributed by atoms with Crippen LogP contribution in [0.3, 0.4) is 0 Å². The standard InChI is InChI=1S/C10H9BrO/c1-3-8-4-5-10(12-2)6-9(8)7-11/h1,4-6H,7H2,2H3. The number of terminal acetylenes is 1. The second-order valence-corrected chi connectivity index (χ2v) is 2.86. The van der Waals surface area contributed by atoms with Crippen LogP contribution in [-0.4, -0.2) is 7.11 Å². The molecule has 0 saturated heterocycles. The molecule has 12 heavy (non-hydrogen) atoms. The van der Waals surface area contributed by atoms with Gasteiger partial charge in [0.25, 0.3) is 0 Å². The fourth-order valence-corrected chi connectivity index (χ4v) is 1.41. The Kier molecular flexibility index (Phi) is 3.19. The highest BCUT2D eigenvalue weighted by atomic mass is 79.9. The second kappa shape index (κ2) is 4.18. The first kappa shape index (κ1) is 9.15. The summed E-state index contributed by atoms with van der Waals surface area (Å²) in [4.78, 5) is 0. The molecule has 2 heteroatoms. The first-order valence-electron chi connectivity index (χ1n) is 3.51. The van der Waals surface area contributed by atoms with Crippen LogP contribution in [0, 0.1) is 12.3 Å². The van der Waals surface area contributed by atoms with Crippen molar-refractivity contribution in [3.63, 3.8) is 0 Å². The number of alkyl halides is 1. The summed E-state index contributed by atoms with van der Waals surface area (Å²) in [7, 11) is 1.64. The van der Waals surface area contributed by atoms with E-state index in [0.29, 0.717) is 0 Å². The quantitative estimate of drug-likeness (QED) is 0.555. The van der Waals surface area contributed by atoms with E-state index in [0.717, 1.165) is 22.2 Å². The molecule has 0 heterocycles. The highest BCUT2D eigenvalue weighted by Crippen LogP contribution is 2.18. The summed E-state index contributed by atoms with van der Waals surface area (Å²) >= 11 is 3.36. The largest absolute Gasteiger partial charge is 0.497 e. The number of halogens is 1. The third kappa shape index (κ3) is 1.80. The third-order valence-electron chi connectivity index (χ3n) is 1.61. The molecule has 0 spiro atoms. The summed E-state index contributed by atoms with van der Waals surface area (Å²) in [5.41, 5.74) is 1.99. The predicted octanol–water partition coefficient (Wildman–Crippen LogP) is 2.57. The molecular weight excluding hydrogens is 216 g/mol. The van der Waals surface area contributed by atoms with E-state index >= 15 is 0 Å². The molecule has 0 atom stereocenters. The predicted molar refractivity (Wildman–Crippen MR) is 53.6 cm³/mol. The zero-order valence-electron chi connectivity index (χ0n) is 6.80. The van der Waals surface area contributed by atoms with E-state index in [-0.39, 0.29) is 0 Å². The lowest BCUT2D eigenvalue weighted by molar-refractivity contribution is 0.414. The molecule has 0 saturated carbocycles. The maximum absolute atomic E-state index is 5.31. The molecule has 0 amide bonds. The summed E-state index contributed by atoms with van der Waals surface area (Å²) in [5, 5.41) is 0.754. The Morgan fingerprint density at radius 3 is 2.83 bits per heavy atom. The molecule has 0 radical (unpaired) electrons. The molecule has 0 aliphatic heterocycles. The van der Waals surface area contributed by atoms with Gasteiger partial charge in [-0.3, -0.25) is 0 Å². The van der Waals surface area contributed by atoms with Gasteiger partial charge in [-0.15, -0.1) is 6.42 Å². The van der Waals surface area contributed by atoms with Gasteiger partial charge in [-0.05, 0) is 23.8 Å². The zero-order chi connectivity index (χ0) is 8.97. The molecule has 0 fully saturated rings. The number of hydrogen-bond donors (Lipinski definition) is 0. The average molecular weight is 225 g/mol. The van der Waals surface area contributed by atoms with E-state index in [2.05, 4.69) is 21.9 Å². The summed E-state index contributed by atoms with van der Waals surface area (Å²) < 4.78 is 5.07. The van der Waals surface area contributed by atoms with Crippen LogP contribution < -0.4 is 4.74 Å². The Morgan fingerprint density at radius 1 is 1.58 bits per heavy atom. The molecule has 0 aromatic heterocycles.